The molecule has 0 aliphatic carbocycles. The molecule has 2 aromatic carbocycles. The van der Waals surface area contributed by atoms with Crippen LogP contribution in [0.4, 0.5) is 0 Å². The van der Waals surface area contributed by atoms with E-state index < -0.39 is 0 Å². The molecule has 0 radical (unpaired) electrons. The summed E-state index contributed by atoms with van der Waals surface area (Å²) in [6, 6.07) is 16.0. The SMILES string of the molecule is CN(C/C=C\C#CC(C)(C)C)Cc1cccc(OCc2cccc(Cl)c2)c1. The average molecular weight is 382 g/mol. The van der Waals surface area contributed by atoms with E-state index in [9.17, 15) is 0 Å². The van der Waals surface area contributed by atoms with Crippen molar-refractivity contribution >= 4 is 11.6 Å². The molecule has 2 aromatic rings. The molecule has 0 aliphatic heterocycles. The van der Waals surface area contributed by atoms with Crippen molar-refractivity contribution in [1.82, 2.24) is 4.90 Å². The normalized spacial score (nSPS) is 11.5. The highest BCUT2D eigenvalue weighted by molar-refractivity contribution is 6.30. The van der Waals surface area contributed by atoms with Crippen LogP contribution in [-0.4, -0.2) is 18.5 Å². The Labute approximate surface area is 168 Å². The fourth-order valence-corrected chi connectivity index (χ4v) is 2.67. The van der Waals surface area contributed by atoms with Gasteiger partial charge in [-0.05, 0) is 69.3 Å². The van der Waals surface area contributed by atoms with Crippen LogP contribution >= 0.6 is 11.6 Å². The Morgan fingerprint density at radius 3 is 2.56 bits per heavy atom. The lowest BCUT2D eigenvalue weighted by molar-refractivity contribution is 0.304. The van der Waals surface area contributed by atoms with Crippen LogP contribution in [0.3, 0.4) is 0 Å². The standard InChI is InChI=1S/C24H28ClNO/c1-24(2,3)14-6-5-7-15-26(4)18-20-10-9-13-23(17-20)27-19-21-11-8-12-22(25)16-21/h5,7-13,16-17H,15,18-19H2,1-4H3/b7-5-. The highest BCUT2D eigenvalue weighted by Gasteiger charge is 2.03. The number of halogens is 1. The summed E-state index contributed by atoms with van der Waals surface area (Å²) < 4.78 is 5.90. The van der Waals surface area contributed by atoms with Crippen LogP contribution in [0.1, 0.15) is 31.9 Å². The molecule has 0 amide bonds. The van der Waals surface area contributed by atoms with Crippen LogP contribution in [0, 0.1) is 17.3 Å². The maximum atomic E-state index is 6.02. The molecule has 2 rings (SSSR count). The molecule has 27 heavy (non-hydrogen) atoms. The first-order valence-electron chi connectivity index (χ1n) is 9.14. The van der Waals surface area contributed by atoms with Gasteiger partial charge < -0.3 is 4.74 Å². The molecule has 2 nitrogen and oxygen atoms in total. The molecule has 0 saturated heterocycles. The Morgan fingerprint density at radius 2 is 1.81 bits per heavy atom. The number of likely N-dealkylation sites (N-methyl/N-ethyl adjacent to an activating group) is 1. The van der Waals surface area contributed by atoms with Crippen molar-refractivity contribution in [1.29, 1.82) is 0 Å². The lowest BCUT2D eigenvalue weighted by Crippen LogP contribution is -2.17. The van der Waals surface area contributed by atoms with E-state index in [1.807, 2.05) is 42.5 Å². The Hall–Kier alpha value is -2.21. The van der Waals surface area contributed by atoms with Crippen molar-refractivity contribution < 1.29 is 4.74 Å². The minimum Gasteiger partial charge on any atom is -0.489 e. The first-order valence-corrected chi connectivity index (χ1v) is 9.52. The second-order valence-electron chi connectivity index (χ2n) is 7.68. The van der Waals surface area contributed by atoms with Gasteiger partial charge in [-0.2, -0.15) is 0 Å². The van der Waals surface area contributed by atoms with Gasteiger partial charge in [0.05, 0.1) is 0 Å². The zero-order valence-corrected chi connectivity index (χ0v) is 17.4. The van der Waals surface area contributed by atoms with Crippen LogP contribution < -0.4 is 4.74 Å². The molecule has 0 aliphatic rings. The summed E-state index contributed by atoms with van der Waals surface area (Å²) >= 11 is 6.02. The van der Waals surface area contributed by atoms with E-state index in [4.69, 9.17) is 16.3 Å². The second kappa shape index (κ2) is 10.2. The molecule has 0 saturated carbocycles. The van der Waals surface area contributed by atoms with Gasteiger partial charge in [0.2, 0.25) is 0 Å². The summed E-state index contributed by atoms with van der Waals surface area (Å²) in [5.41, 5.74) is 2.32. The quantitative estimate of drug-likeness (QED) is 0.549. The molecule has 3 heteroatoms. The molecular weight excluding hydrogens is 354 g/mol. The van der Waals surface area contributed by atoms with Crippen LogP contribution in [-0.2, 0) is 13.2 Å². The minimum atomic E-state index is 0.0434. The molecular formula is C24H28ClNO. The van der Waals surface area contributed by atoms with Gasteiger partial charge >= 0.3 is 0 Å². The summed E-state index contributed by atoms with van der Waals surface area (Å²) in [6.45, 7) is 8.55. The van der Waals surface area contributed by atoms with Crippen molar-refractivity contribution in [3.63, 3.8) is 0 Å². The van der Waals surface area contributed by atoms with E-state index in [-0.39, 0.29) is 5.41 Å². The molecule has 0 heterocycles. The fourth-order valence-electron chi connectivity index (χ4n) is 2.45. The smallest absolute Gasteiger partial charge is 0.120 e. The Balaban J connectivity index is 1.85. The summed E-state index contributed by atoms with van der Waals surface area (Å²) in [6.07, 6.45) is 4.03. The molecule has 0 spiro atoms. The van der Waals surface area contributed by atoms with Crippen LogP contribution in [0.15, 0.2) is 60.7 Å². The summed E-state index contributed by atoms with van der Waals surface area (Å²) in [7, 11) is 2.10. The van der Waals surface area contributed by atoms with Crippen molar-refractivity contribution in [2.75, 3.05) is 13.6 Å². The first kappa shape index (κ1) is 21.1. The van der Waals surface area contributed by atoms with E-state index in [0.717, 1.165) is 29.4 Å². The van der Waals surface area contributed by atoms with E-state index in [2.05, 4.69) is 62.8 Å². The molecule has 0 fully saturated rings. The van der Waals surface area contributed by atoms with Crippen molar-refractivity contribution in [2.45, 2.75) is 33.9 Å². The first-order chi connectivity index (χ1) is 12.8. The number of benzene rings is 2. The number of ether oxygens (including phenoxy) is 1. The maximum absolute atomic E-state index is 6.02. The topological polar surface area (TPSA) is 12.5 Å². The van der Waals surface area contributed by atoms with Gasteiger partial charge in [-0.25, -0.2) is 0 Å². The Kier molecular flexibility index (Phi) is 7.98. The van der Waals surface area contributed by atoms with Crippen LogP contribution in [0.5, 0.6) is 5.75 Å². The van der Waals surface area contributed by atoms with E-state index in [1.54, 1.807) is 0 Å². The zero-order chi connectivity index (χ0) is 19.7. The minimum absolute atomic E-state index is 0.0434. The Morgan fingerprint density at radius 1 is 1.07 bits per heavy atom. The van der Waals surface area contributed by atoms with Gasteiger partial charge in [-0.15, -0.1) is 0 Å². The Bertz CT molecular complexity index is 824. The number of rotatable bonds is 7. The summed E-state index contributed by atoms with van der Waals surface area (Å²) in [5.74, 6) is 7.17. The van der Waals surface area contributed by atoms with E-state index >= 15 is 0 Å². The molecule has 0 bridgehead atoms. The van der Waals surface area contributed by atoms with Gasteiger partial charge in [-0.1, -0.05) is 53.8 Å². The molecule has 0 atom stereocenters. The maximum Gasteiger partial charge on any atom is 0.120 e. The monoisotopic (exact) mass is 381 g/mol. The van der Waals surface area contributed by atoms with Gasteiger partial charge in [0.25, 0.3) is 0 Å². The fraction of sp³-hybridized carbons (Fsp3) is 0.333. The highest BCUT2D eigenvalue weighted by Crippen LogP contribution is 2.18. The summed E-state index contributed by atoms with van der Waals surface area (Å²) in [5, 5.41) is 0.728. The van der Waals surface area contributed by atoms with E-state index in [1.165, 1.54) is 5.56 Å². The van der Waals surface area contributed by atoms with E-state index in [0.29, 0.717) is 6.61 Å². The van der Waals surface area contributed by atoms with Crippen molar-refractivity contribution in [2.24, 2.45) is 5.41 Å². The summed E-state index contributed by atoms with van der Waals surface area (Å²) in [4.78, 5) is 2.24. The van der Waals surface area contributed by atoms with Gasteiger partial charge in [0.15, 0.2) is 0 Å². The number of hydrogen-bond donors (Lipinski definition) is 0. The van der Waals surface area contributed by atoms with Crippen molar-refractivity contribution in [3.8, 4) is 17.6 Å². The lowest BCUT2D eigenvalue weighted by Gasteiger charge is -2.15. The zero-order valence-electron chi connectivity index (χ0n) is 16.6. The van der Waals surface area contributed by atoms with Crippen LogP contribution in [0.2, 0.25) is 5.02 Å². The lowest BCUT2D eigenvalue weighted by atomic mass is 9.98. The third-order valence-electron chi connectivity index (χ3n) is 3.71. The average Bonchev–Trinajstić information content (AvgIpc) is 2.59. The molecule has 0 N–H and O–H groups in total. The highest BCUT2D eigenvalue weighted by atomic mass is 35.5. The largest absolute Gasteiger partial charge is 0.489 e. The predicted molar refractivity (Wildman–Crippen MR) is 115 cm³/mol. The van der Waals surface area contributed by atoms with Gasteiger partial charge in [0.1, 0.15) is 12.4 Å². The predicted octanol–water partition coefficient (Wildman–Crippen LogP) is 5.96. The molecule has 0 unspecified atom stereocenters. The van der Waals surface area contributed by atoms with Crippen molar-refractivity contribution in [3.05, 3.63) is 76.8 Å². The number of allylic oxidation sites excluding steroid dienone is 1. The molecule has 0 aromatic heterocycles. The number of hydrogen-bond acceptors (Lipinski definition) is 2. The second-order valence-corrected chi connectivity index (χ2v) is 8.12. The van der Waals surface area contributed by atoms with Crippen LogP contribution in [0.25, 0.3) is 0 Å². The van der Waals surface area contributed by atoms with Gasteiger partial charge in [0, 0.05) is 23.5 Å². The number of nitrogens with zero attached hydrogens (tertiary/aromatic N) is 1. The third-order valence-corrected chi connectivity index (χ3v) is 3.95. The molecule has 142 valence electrons. The third kappa shape index (κ3) is 8.82. The van der Waals surface area contributed by atoms with Gasteiger partial charge in [-0.3, -0.25) is 4.90 Å².